The summed E-state index contributed by atoms with van der Waals surface area (Å²) in [4.78, 5) is 20.7. The number of nitrogens with zero attached hydrogens (tertiary/aromatic N) is 2. The Bertz CT molecular complexity index is 943. The van der Waals surface area contributed by atoms with Crippen LogP contribution in [0, 0.1) is 0 Å². The molecule has 6 heteroatoms. The van der Waals surface area contributed by atoms with Gasteiger partial charge < -0.3 is 9.73 Å². The van der Waals surface area contributed by atoms with Crippen molar-refractivity contribution in [3.05, 3.63) is 66.7 Å². The maximum Gasteiger partial charge on any atom is 0.291 e. The number of pyridine rings is 1. The van der Waals surface area contributed by atoms with Crippen LogP contribution in [0.1, 0.15) is 10.6 Å². The van der Waals surface area contributed by atoms with Gasteiger partial charge in [0.05, 0.1) is 22.1 Å². The van der Waals surface area contributed by atoms with E-state index < -0.39 is 0 Å². The number of rotatable bonds is 3. The number of para-hydroxylation sites is 1. The lowest BCUT2D eigenvalue weighted by molar-refractivity contribution is 0.0997. The Morgan fingerprint density at radius 1 is 1.09 bits per heavy atom. The first-order valence-corrected chi connectivity index (χ1v) is 7.78. The smallest absolute Gasteiger partial charge is 0.291 e. The number of benzene rings is 1. The van der Waals surface area contributed by atoms with Crippen LogP contribution >= 0.6 is 11.3 Å². The van der Waals surface area contributed by atoms with Gasteiger partial charge in [-0.3, -0.25) is 9.78 Å². The Balaban J connectivity index is 1.60. The fourth-order valence-corrected chi connectivity index (χ4v) is 3.11. The first-order chi connectivity index (χ1) is 11.3. The SMILES string of the molecule is O=C(Nc1cccnc1)c1ccc(-c2nc3ccccc3s2)o1. The van der Waals surface area contributed by atoms with Crippen LogP contribution in [-0.4, -0.2) is 15.9 Å². The average molecular weight is 321 g/mol. The second-order valence-corrected chi connectivity index (χ2v) is 5.88. The molecule has 4 aromatic rings. The van der Waals surface area contributed by atoms with Gasteiger partial charge in [0.15, 0.2) is 16.5 Å². The molecule has 23 heavy (non-hydrogen) atoms. The van der Waals surface area contributed by atoms with Gasteiger partial charge in [-0.2, -0.15) is 0 Å². The highest BCUT2D eigenvalue weighted by Gasteiger charge is 2.15. The third-order valence-corrected chi connectivity index (χ3v) is 4.30. The third kappa shape index (κ3) is 2.72. The summed E-state index contributed by atoms with van der Waals surface area (Å²) in [5.74, 6) is 0.510. The molecule has 0 unspecified atom stereocenters. The molecule has 4 rings (SSSR count). The van der Waals surface area contributed by atoms with E-state index in [1.165, 1.54) is 11.3 Å². The van der Waals surface area contributed by atoms with Crippen LogP contribution in [0.15, 0.2) is 65.3 Å². The monoisotopic (exact) mass is 321 g/mol. The van der Waals surface area contributed by atoms with Gasteiger partial charge in [0.2, 0.25) is 0 Å². The Morgan fingerprint density at radius 2 is 2.00 bits per heavy atom. The number of thiazole rings is 1. The number of amides is 1. The van der Waals surface area contributed by atoms with Crippen molar-refractivity contribution in [2.24, 2.45) is 0 Å². The minimum Gasteiger partial charge on any atom is -0.448 e. The van der Waals surface area contributed by atoms with Crippen molar-refractivity contribution in [3.63, 3.8) is 0 Å². The van der Waals surface area contributed by atoms with Crippen molar-refractivity contribution < 1.29 is 9.21 Å². The summed E-state index contributed by atoms with van der Waals surface area (Å²) < 4.78 is 6.73. The molecule has 0 atom stereocenters. The molecule has 1 N–H and O–H groups in total. The van der Waals surface area contributed by atoms with Crippen LogP contribution in [0.5, 0.6) is 0 Å². The van der Waals surface area contributed by atoms with Crippen molar-refractivity contribution in [2.45, 2.75) is 0 Å². The Kier molecular flexibility index (Phi) is 3.36. The molecule has 5 nitrogen and oxygen atoms in total. The molecule has 1 amide bonds. The second-order valence-electron chi connectivity index (χ2n) is 4.85. The number of hydrogen-bond donors (Lipinski definition) is 1. The lowest BCUT2D eigenvalue weighted by atomic mass is 10.3. The van der Waals surface area contributed by atoms with E-state index in [9.17, 15) is 4.79 Å². The Hall–Kier alpha value is -2.99. The predicted molar refractivity (Wildman–Crippen MR) is 89.5 cm³/mol. The van der Waals surface area contributed by atoms with Gasteiger partial charge in [-0.1, -0.05) is 12.1 Å². The minimum absolute atomic E-state index is 0.239. The van der Waals surface area contributed by atoms with E-state index in [0.29, 0.717) is 11.4 Å². The molecular formula is C17H11N3O2S. The van der Waals surface area contributed by atoms with Gasteiger partial charge in [0, 0.05) is 6.20 Å². The van der Waals surface area contributed by atoms with Crippen LogP contribution in [0.4, 0.5) is 5.69 Å². The highest BCUT2D eigenvalue weighted by atomic mass is 32.1. The van der Waals surface area contributed by atoms with Crippen LogP contribution in [-0.2, 0) is 0 Å². The highest BCUT2D eigenvalue weighted by Crippen LogP contribution is 2.31. The normalized spacial score (nSPS) is 10.8. The summed E-state index contributed by atoms with van der Waals surface area (Å²) in [6, 6.07) is 14.8. The summed E-state index contributed by atoms with van der Waals surface area (Å²) in [5, 5.41) is 3.49. The molecule has 0 aliphatic heterocycles. The lowest BCUT2D eigenvalue weighted by Gasteiger charge is -2.01. The van der Waals surface area contributed by atoms with E-state index in [2.05, 4.69) is 15.3 Å². The molecule has 112 valence electrons. The molecular weight excluding hydrogens is 310 g/mol. The Labute approximate surface area is 135 Å². The van der Waals surface area contributed by atoms with Gasteiger partial charge in [-0.05, 0) is 36.4 Å². The number of hydrogen-bond acceptors (Lipinski definition) is 5. The second kappa shape index (κ2) is 5.66. The maximum absolute atomic E-state index is 12.2. The highest BCUT2D eigenvalue weighted by molar-refractivity contribution is 7.21. The first-order valence-electron chi connectivity index (χ1n) is 6.97. The molecule has 0 bridgehead atoms. The van der Waals surface area contributed by atoms with Gasteiger partial charge in [0.1, 0.15) is 0 Å². The summed E-state index contributed by atoms with van der Waals surface area (Å²) in [6.45, 7) is 0. The molecule has 0 aliphatic carbocycles. The number of anilines is 1. The van der Waals surface area contributed by atoms with E-state index in [0.717, 1.165) is 15.2 Å². The van der Waals surface area contributed by atoms with E-state index >= 15 is 0 Å². The average Bonchev–Trinajstić information content (AvgIpc) is 3.22. The topological polar surface area (TPSA) is 68.0 Å². The maximum atomic E-state index is 12.2. The van der Waals surface area contributed by atoms with Crippen LogP contribution in [0.2, 0.25) is 0 Å². The predicted octanol–water partition coefficient (Wildman–Crippen LogP) is 4.20. The summed E-state index contributed by atoms with van der Waals surface area (Å²) in [7, 11) is 0. The first kappa shape index (κ1) is 13.7. The van der Waals surface area contributed by atoms with Gasteiger partial charge in [0.25, 0.3) is 5.91 Å². The van der Waals surface area contributed by atoms with Crippen molar-refractivity contribution >= 4 is 33.1 Å². The largest absolute Gasteiger partial charge is 0.448 e. The molecule has 3 aromatic heterocycles. The fourth-order valence-electron chi connectivity index (χ4n) is 2.18. The number of carbonyl (C=O) groups is 1. The molecule has 3 heterocycles. The van der Waals surface area contributed by atoms with Crippen LogP contribution < -0.4 is 5.32 Å². The molecule has 0 radical (unpaired) electrons. The standard InChI is InChI=1S/C17H11N3O2S/c21-16(19-11-4-3-9-18-10-11)13-7-8-14(22-13)17-20-12-5-1-2-6-15(12)23-17/h1-10H,(H,19,21). The summed E-state index contributed by atoms with van der Waals surface area (Å²) >= 11 is 1.53. The number of carbonyl (C=O) groups excluding carboxylic acids is 1. The molecule has 1 aromatic carbocycles. The third-order valence-electron chi connectivity index (χ3n) is 3.25. The van der Waals surface area contributed by atoms with E-state index in [4.69, 9.17) is 4.42 Å². The molecule has 0 saturated carbocycles. The molecule has 0 fully saturated rings. The number of aromatic nitrogens is 2. The van der Waals surface area contributed by atoms with Crippen LogP contribution in [0.25, 0.3) is 21.0 Å². The molecule has 0 aliphatic rings. The number of furan rings is 1. The van der Waals surface area contributed by atoms with Gasteiger partial charge in [-0.15, -0.1) is 11.3 Å². The van der Waals surface area contributed by atoms with Crippen molar-refractivity contribution in [1.29, 1.82) is 0 Å². The van der Waals surface area contributed by atoms with Crippen molar-refractivity contribution in [3.8, 4) is 10.8 Å². The van der Waals surface area contributed by atoms with E-state index in [1.807, 2.05) is 24.3 Å². The zero-order chi connectivity index (χ0) is 15.6. The zero-order valence-corrected chi connectivity index (χ0v) is 12.7. The fraction of sp³-hybridized carbons (Fsp3) is 0. The summed E-state index contributed by atoms with van der Waals surface area (Å²) in [6.07, 6.45) is 3.23. The van der Waals surface area contributed by atoms with Gasteiger partial charge in [-0.25, -0.2) is 4.98 Å². The van der Waals surface area contributed by atoms with Crippen molar-refractivity contribution in [2.75, 3.05) is 5.32 Å². The molecule has 0 spiro atoms. The minimum atomic E-state index is -0.314. The van der Waals surface area contributed by atoms with Gasteiger partial charge >= 0.3 is 0 Å². The Morgan fingerprint density at radius 3 is 2.83 bits per heavy atom. The number of nitrogens with one attached hydrogen (secondary N) is 1. The van der Waals surface area contributed by atoms with E-state index in [1.54, 1.807) is 36.7 Å². The van der Waals surface area contributed by atoms with Crippen LogP contribution in [0.3, 0.4) is 0 Å². The summed E-state index contributed by atoms with van der Waals surface area (Å²) in [5.41, 5.74) is 1.54. The quantitative estimate of drug-likeness (QED) is 0.614. The van der Waals surface area contributed by atoms with Crippen molar-refractivity contribution in [1.82, 2.24) is 9.97 Å². The number of fused-ring (bicyclic) bond motifs is 1. The molecule has 0 saturated heterocycles. The lowest BCUT2D eigenvalue weighted by Crippen LogP contribution is -2.10. The zero-order valence-electron chi connectivity index (χ0n) is 11.9. The van der Waals surface area contributed by atoms with E-state index in [-0.39, 0.29) is 11.7 Å².